The SMILES string of the molecule is COCCOC(C)C#Cc1ccc(OC2CC(OC(C)C)C2)cn1. The number of ether oxygens (including phenoxy) is 4. The van der Waals surface area contributed by atoms with Crippen molar-refractivity contribution in [3.63, 3.8) is 0 Å². The topological polar surface area (TPSA) is 49.8 Å². The van der Waals surface area contributed by atoms with E-state index in [-0.39, 0.29) is 18.3 Å². The van der Waals surface area contributed by atoms with E-state index in [4.69, 9.17) is 18.9 Å². The maximum atomic E-state index is 5.88. The Labute approximate surface area is 144 Å². The third kappa shape index (κ3) is 6.48. The van der Waals surface area contributed by atoms with E-state index >= 15 is 0 Å². The highest BCUT2D eigenvalue weighted by molar-refractivity contribution is 5.32. The number of rotatable bonds is 8. The summed E-state index contributed by atoms with van der Waals surface area (Å²) >= 11 is 0. The summed E-state index contributed by atoms with van der Waals surface area (Å²) < 4.78 is 22.0. The quantitative estimate of drug-likeness (QED) is 0.541. The maximum absolute atomic E-state index is 5.88. The lowest BCUT2D eigenvalue weighted by Crippen LogP contribution is -2.40. The summed E-state index contributed by atoms with van der Waals surface area (Å²) in [5.74, 6) is 6.80. The van der Waals surface area contributed by atoms with Crippen LogP contribution >= 0.6 is 0 Å². The number of aromatic nitrogens is 1. The van der Waals surface area contributed by atoms with Crippen molar-refractivity contribution in [2.45, 2.75) is 58.0 Å². The van der Waals surface area contributed by atoms with Gasteiger partial charge in [-0.05, 0) is 38.8 Å². The van der Waals surface area contributed by atoms with E-state index < -0.39 is 0 Å². The van der Waals surface area contributed by atoms with Gasteiger partial charge in [-0.25, -0.2) is 4.98 Å². The average Bonchev–Trinajstić information content (AvgIpc) is 2.52. The summed E-state index contributed by atoms with van der Waals surface area (Å²) in [7, 11) is 1.65. The van der Waals surface area contributed by atoms with Crippen molar-refractivity contribution in [3.8, 4) is 17.6 Å². The van der Waals surface area contributed by atoms with Gasteiger partial charge in [0, 0.05) is 20.0 Å². The van der Waals surface area contributed by atoms with Crippen LogP contribution < -0.4 is 4.74 Å². The van der Waals surface area contributed by atoms with E-state index in [2.05, 4.69) is 30.7 Å². The fourth-order valence-electron chi connectivity index (χ4n) is 2.35. The predicted molar refractivity (Wildman–Crippen MR) is 92.1 cm³/mol. The molecule has 0 saturated heterocycles. The fraction of sp³-hybridized carbons (Fsp3) is 0.632. The molecule has 1 fully saturated rings. The first-order chi connectivity index (χ1) is 11.6. The Kier molecular flexibility index (Phi) is 7.51. The molecule has 24 heavy (non-hydrogen) atoms. The summed E-state index contributed by atoms with van der Waals surface area (Å²) in [4.78, 5) is 4.32. The van der Waals surface area contributed by atoms with Crippen LogP contribution in [0.3, 0.4) is 0 Å². The van der Waals surface area contributed by atoms with Gasteiger partial charge < -0.3 is 18.9 Å². The molecule has 0 aromatic carbocycles. The van der Waals surface area contributed by atoms with Crippen LogP contribution in [0.5, 0.6) is 5.75 Å². The zero-order valence-electron chi connectivity index (χ0n) is 15.0. The summed E-state index contributed by atoms with van der Waals surface area (Å²) in [6.07, 6.45) is 4.28. The molecular weight excluding hydrogens is 306 g/mol. The van der Waals surface area contributed by atoms with Crippen LogP contribution in [-0.2, 0) is 14.2 Å². The lowest BCUT2D eigenvalue weighted by molar-refractivity contribution is -0.0850. The lowest BCUT2D eigenvalue weighted by Gasteiger charge is -2.36. The fourth-order valence-corrected chi connectivity index (χ4v) is 2.35. The third-order valence-corrected chi connectivity index (χ3v) is 3.61. The molecule has 1 aliphatic rings. The van der Waals surface area contributed by atoms with Gasteiger partial charge >= 0.3 is 0 Å². The molecule has 5 heteroatoms. The van der Waals surface area contributed by atoms with Crippen LogP contribution in [0.25, 0.3) is 0 Å². The smallest absolute Gasteiger partial charge is 0.138 e. The van der Waals surface area contributed by atoms with E-state index in [0.29, 0.717) is 25.0 Å². The van der Waals surface area contributed by atoms with Gasteiger partial charge in [-0.15, -0.1) is 0 Å². The molecule has 1 unspecified atom stereocenters. The zero-order chi connectivity index (χ0) is 17.4. The van der Waals surface area contributed by atoms with Crippen molar-refractivity contribution in [2.75, 3.05) is 20.3 Å². The molecule has 132 valence electrons. The van der Waals surface area contributed by atoms with Crippen molar-refractivity contribution in [1.82, 2.24) is 4.98 Å². The summed E-state index contributed by atoms with van der Waals surface area (Å²) in [5.41, 5.74) is 0.708. The van der Waals surface area contributed by atoms with Crippen LogP contribution in [0.1, 0.15) is 39.3 Å². The van der Waals surface area contributed by atoms with Crippen molar-refractivity contribution >= 4 is 0 Å². The van der Waals surface area contributed by atoms with E-state index in [9.17, 15) is 0 Å². The molecule has 5 nitrogen and oxygen atoms in total. The van der Waals surface area contributed by atoms with Gasteiger partial charge in [-0.3, -0.25) is 0 Å². The van der Waals surface area contributed by atoms with Crippen LogP contribution in [0, 0.1) is 11.8 Å². The third-order valence-electron chi connectivity index (χ3n) is 3.61. The molecule has 0 amide bonds. The molecule has 2 rings (SSSR count). The number of methoxy groups -OCH3 is 1. The van der Waals surface area contributed by atoms with Gasteiger partial charge in [0.25, 0.3) is 0 Å². The summed E-state index contributed by atoms with van der Waals surface area (Å²) in [6.45, 7) is 7.13. The van der Waals surface area contributed by atoms with Gasteiger partial charge in [0.2, 0.25) is 0 Å². The highest BCUT2D eigenvalue weighted by Crippen LogP contribution is 2.28. The second kappa shape index (κ2) is 9.63. The van der Waals surface area contributed by atoms with Crippen LogP contribution in [-0.4, -0.2) is 49.7 Å². The highest BCUT2D eigenvalue weighted by Gasteiger charge is 2.32. The zero-order valence-corrected chi connectivity index (χ0v) is 15.0. The first-order valence-electron chi connectivity index (χ1n) is 8.47. The molecule has 1 atom stereocenters. The number of hydrogen-bond donors (Lipinski definition) is 0. The average molecular weight is 333 g/mol. The predicted octanol–water partition coefficient (Wildman–Crippen LogP) is 2.82. The van der Waals surface area contributed by atoms with Crippen LogP contribution in [0.15, 0.2) is 18.3 Å². The number of nitrogens with zero attached hydrogens (tertiary/aromatic N) is 1. The Morgan fingerprint density at radius 1 is 1.17 bits per heavy atom. The van der Waals surface area contributed by atoms with Crippen LogP contribution in [0.2, 0.25) is 0 Å². The molecule has 0 N–H and O–H groups in total. The van der Waals surface area contributed by atoms with E-state index in [1.165, 1.54) is 0 Å². The number of pyridine rings is 1. The molecule has 1 aromatic heterocycles. The molecule has 1 saturated carbocycles. The lowest BCUT2D eigenvalue weighted by atomic mass is 9.92. The van der Waals surface area contributed by atoms with Gasteiger partial charge in [-0.2, -0.15) is 0 Å². The molecule has 0 bridgehead atoms. The number of hydrogen-bond acceptors (Lipinski definition) is 5. The minimum atomic E-state index is -0.147. The molecule has 0 radical (unpaired) electrons. The Morgan fingerprint density at radius 3 is 2.58 bits per heavy atom. The molecular formula is C19H27NO4. The van der Waals surface area contributed by atoms with E-state index in [1.807, 2.05) is 19.1 Å². The molecule has 1 heterocycles. The van der Waals surface area contributed by atoms with Crippen molar-refractivity contribution < 1.29 is 18.9 Å². The first kappa shape index (κ1) is 18.7. The van der Waals surface area contributed by atoms with Gasteiger partial charge in [0.05, 0.1) is 31.6 Å². The summed E-state index contributed by atoms with van der Waals surface area (Å²) in [6, 6.07) is 3.77. The largest absolute Gasteiger partial charge is 0.489 e. The van der Waals surface area contributed by atoms with Crippen molar-refractivity contribution in [1.29, 1.82) is 0 Å². The van der Waals surface area contributed by atoms with E-state index in [1.54, 1.807) is 13.3 Å². The van der Waals surface area contributed by atoms with Crippen molar-refractivity contribution in [3.05, 3.63) is 24.0 Å². The van der Waals surface area contributed by atoms with Crippen molar-refractivity contribution in [2.24, 2.45) is 0 Å². The van der Waals surface area contributed by atoms with E-state index in [0.717, 1.165) is 18.6 Å². The van der Waals surface area contributed by atoms with Crippen LogP contribution in [0.4, 0.5) is 0 Å². The Hall–Kier alpha value is -1.61. The Balaban J connectivity index is 1.74. The minimum Gasteiger partial charge on any atom is -0.489 e. The standard InChI is InChI=1S/C19H27NO4/c1-14(2)23-18-11-19(12-18)24-17-8-7-16(20-13-17)6-5-15(3)22-10-9-21-4/h7-8,13-15,18-19H,9-12H2,1-4H3. The van der Waals surface area contributed by atoms with Gasteiger partial charge in [-0.1, -0.05) is 5.92 Å². The normalized spacial score (nSPS) is 20.9. The summed E-state index contributed by atoms with van der Waals surface area (Å²) in [5, 5.41) is 0. The molecule has 0 spiro atoms. The minimum absolute atomic E-state index is 0.147. The van der Waals surface area contributed by atoms with Gasteiger partial charge in [0.1, 0.15) is 23.7 Å². The monoisotopic (exact) mass is 333 g/mol. The Bertz CT molecular complexity index is 541. The first-order valence-corrected chi connectivity index (χ1v) is 8.47. The highest BCUT2D eigenvalue weighted by atomic mass is 16.5. The molecule has 1 aromatic rings. The second-order valence-corrected chi connectivity index (χ2v) is 6.17. The van der Waals surface area contributed by atoms with Gasteiger partial charge in [0.15, 0.2) is 0 Å². The Morgan fingerprint density at radius 2 is 1.96 bits per heavy atom. The molecule has 1 aliphatic carbocycles. The maximum Gasteiger partial charge on any atom is 0.138 e. The molecule has 0 aliphatic heterocycles. The second-order valence-electron chi connectivity index (χ2n) is 6.17.